The molecule has 1 aromatic heterocycles. The molecule has 0 aliphatic heterocycles. The van der Waals surface area contributed by atoms with Gasteiger partial charge in [-0.05, 0) is 70.0 Å². The number of benzene rings is 1. The van der Waals surface area contributed by atoms with E-state index in [1.165, 1.54) is 23.9 Å². The summed E-state index contributed by atoms with van der Waals surface area (Å²) in [6, 6.07) is 8.37. The zero-order chi connectivity index (χ0) is 17.9. The van der Waals surface area contributed by atoms with Crippen molar-refractivity contribution in [3.05, 3.63) is 53.5 Å². The molecule has 0 amide bonds. The van der Waals surface area contributed by atoms with Gasteiger partial charge in [0.1, 0.15) is 10.8 Å². The second kappa shape index (κ2) is 7.76. The van der Waals surface area contributed by atoms with Crippen molar-refractivity contribution in [3.63, 3.8) is 0 Å². The molecule has 0 radical (unpaired) electrons. The molecule has 1 N–H and O–H groups in total. The van der Waals surface area contributed by atoms with Crippen molar-refractivity contribution in [1.82, 2.24) is 9.71 Å². The Hall–Kier alpha value is -1.24. The summed E-state index contributed by atoms with van der Waals surface area (Å²) >= 11 is 1.50. The van der Waals surface area contributed by atoms with Gasteiger partial charge in [0.25, 0.3) is 0 Å². The maximum Gasteiger partial charge on any atom is 0.123 e. The Morgan fingerprint density at radius 1 is 1.25 bits per heavy atom. The largest absolute Gasteiger partial charge is 0.249 e. The summed E-state index contributed by atoms with van der Waals surface area (Å²) in [5.74, 6) is -0.244. The number of halogens is 1. The standard InChI is InChI=1S/C18H23FN2OS2/c1-12-10-14(13(2)21-24(22)18(3,4)5)11-20-17(12)23-16-8-6-15(19)7-9-16/h6-11,13,21H,1-5H3/t13?,24-/m1/s1. The molecule has 1 unspecified atom stereocenters. The molecule has 2 rings (SSSR count). The monoisotopic (exact) mass is 366 g/mol. The first-order valence-electron chi connectivity index (χ1n) is 7.75. The number of pyridine rings is 1. The molecule has 6 heteroatoms. The molecule has 1 aromatic carbocycles. The van der Waals surface area contributed by atoms with Crippen LogP contribution in [0.1, 0.15) is 44.9 Å². The van der Waals surface area contributed by atoms with Crippen LogP contribution >= 0.6 is 11.8 Å². The fourth-order valence-corrected chi connectivity index (χ4v) is 3.58. The first-order valence-corrected chi connectivity index (χ1v) is 9.71. The predicted molar refractivity (Wildman–Crippen MR) is 98.9 cm³/mol. The Kier molecular flexibility index (Phi) is 6.17. The van der Waals surface area contributed by atoms with Gasteiger partial charge >= 0.3 is 0 Å². The molecule has 24 heavy (non-hydrogen) atoms. The summed E-state index contributed by atoms with van der Waals surface area (Å²) in [7, 11) is -1.13. The van der Waals surface area contributed by atoms with Crippen molar-refractivity contribution >= 4 is 22.7 Å². The van der Waals surface area contributed by atoms with E-state index in [-0.39, 0.29) is 16.6 Å². The van der Waals surface area contributed by atoms with Gasteiger partial charge in [-0.3, -0.25) is 0 Å². The number of aromatic nitrogens is 1. The van der Waals surface area contributed by atoms with Crippen LogP contribution in [-0.2, 0) is 11.0 Å². The van der Waals surface area contributed by atoms with Crippen LogP contribution in [0.3, 0.4) is 0 Å². The Morgan fingerprint density at radius 2 is 1.88 bits per heavy atom. The lowest BCUT2D eigenvalue weighted by Gasteiger charge is -2.22. The van der Waals surface area contributed by atoms with Gasteiger partial charge in [0.2, 0.25) is 0 Å². The van der Waals surface area contributed by atoms with Gasteiger partial charge in [-0.25, -0.2) is 18.3 Å². The van der Waals surface area contributed by atoms with E-state index < -0.39 is 11.0 Å². The predicted octanol–water partition coefficient (Wildman–Crippen LogP) is 4.79. The molecular weight excluding hydrogens is 343 g/mol. The lowest BCUT2D eigenvalue weighted by Crippen LogP contribution is -2.34. The van der Waals surface area contributed by atoms with Crippen molar-refractivity contribution in [1.29, 1.82) is 0 Å². The van der Waals surface area contributed by atoms with Crippen molar-refractivity contribution in [3.8, 4) is 0 Å². The fourth-order valence-electron chi connectivity index (χ4n) is 1.95. The Morgan fingerprint density at radius 3 is 2.42 bits per heavy atom. The molecule has 0 spiro atoms. The summed E-state index contributed by atoms with van der Waals surface area (Å²) in [5, 5.41) is 0.884. The zero-order valence-corrected chi connectivity index (χ0v) is 16.2. The fraction of sp³-hybridized carbons (Fsp3) is 0.389. The second-order valence-electron chi connectivity index (χ2n) is 6.67. The van der Waals surface area contributed by atoms with E-state index in [2.05, 4.69) is 15.8 Å². The number of nitrogens with one attached hydrogen (secondary N) is 1. The highest BCUT2D eigenvalue weighted by molar-refractivity contribution is 7.99. The molecule has 0 aliphatic carbocycles. The molecule has 2 aromatic rings. The Balaban J connectivity index is 2.11. The maximum absolute atomic E-state index is 13.0. The summed E-state index contributed by atoms with van der Waals surface area (Å²) in [5.41, 5.74) is 2.03. The van der Waals surface area contributed by atoms with Crippen LogP contribution in [0.25, 0.3) is 0 Å². The first-order chi connectivity index (χ1) is 11.2. The molecule has 0 aliphatic rings. The number of rotatable bonds is 5. The third kappa shape index (κ3) is 5.13. The minimum absolute atomic E-state index is 0.0545. The van der Waals surface area contributed by atoms with E-state index >= 15 is 0 Å². The average molecular weight is 367 g/mol. The van der Waals surface area contributed by atoms with E-state index in [4.69, 9.17) is 0 Å². The van der Waals surface area contributed by atoms with Crippen LogP contribution in [0.5, 0.6) is 0 Å². The van der Waals surface area contributed by atoms with Crippen molar-refractivity contribution < 1.29 is 8.60 Å². The molecule has 130 valence electrons. The van der Waals surface area contributed by atoms with E-state index in [9.17, 15) is 8.60 Å². The minimum Gasteiger partial charge on any atom is -0.249 e. The smallest absolute Gasteiger partial charge is 0.123 e. The lowest BCUT2D eigenvalue weighted by atomic mass is 10.1. The molecule has 0 fully saturated rings. The SMILES string of the molecule is Cc1cc(C(C)N[S@](=O)C(C)(C)C)cnc1Sc1ccc(F)cc1. The van der Waals surface area contributed by atoms with Crippen molar-refractivity contribution in [2.24, 2.45) is 0 Å². The summed E-state index contributed by atoms with van der Waals surface area (Å²) in [6.45, 7) is 9.79. The zero-order valence-electron chi connectivity index (χ0n) is 14.6. The van der Waals surface area contributed by atoms with Crippen molar-refractivity contribution in [2.45, 2.75) is 55.3 Å². The third-order valence-electron chi connectivity index (χ3n) is 3.42. The Bertz CT molecular complexity index is 727. The van der Waals surface area contributed by atoms with Gasteiger partial charge < -0.3 is 0 Å². The quantitative estimate of drug-likeness (QED) is 0.827. The van der Waals surface area contributed by atoms with Gasteiger partial charge in [0.05, 0.1) is 15.7 Å². The van der Waals surface area contributed by atoms with Crippen LogP contribution in [0.4, 0.5) is 4.39 Å². The minimum atomic E-state index is -1.13. The summed E-state index contributed by atoms with van der Waals surface area (Å²) < 4.78 is 28.0. The van der Waals surface area contributed by atoms with E-state index in [0.29, 0.717) is 0 Å². The van der Waals surface area contributed by atoms with Crippen LogP contribution < -0.4 is 4.72 Å². The van der Waals surface area contributed by atoms with Crippen LogP contribution in [0, 0.1) is 12.7 Å². The molecule has 0 saturated carbocycles. The average Bonchev–Trinajstić information content (AvgIpc) is 2.50. The van der Waals surface area contributed by atoms with Gasteiger partial charge in [-0.15, -0.1) is 0 Å². The highest BCUT2D eigenvalue weighted by Gasteiger charge is 2.22. The normalized spacial score (nSPS) is 14.4. The van der Waals surface area contributed by atoms with Crippen LogP contribution in [-0.4, -0.2) is 13.9 Å². The second-order valence-corrected chi connectivity index (χ2v) is 9.73. The lowest BCUT2D eigenvalue weighted by molar-refractivity contribution is 0.615. The first kappa shape index (κ1) is 19.1. The highest BCUT2D eigenvalue weighted by atomic mass is 32.2. The van der Waals surface area contributed by atoms with E-state index in [0.717, 1.165) is 21.0 Å². The molecule has 0 saturated heterocycles. The van der Waals surface area contributed by atoms with Gasteiger partial charge in [0.15, 0.2) is 0 Å². The number of nitrogens with zero attached hydrogens (tertiary/aromatic N) is 1. The Labute approximate surface area is 150 Å². The van der Waals surface area contributed by atoms with Crippen LogP contribution in [0.15, 0.2) is 46.5 Å². The number of aryl methyl sites for hydroxylation is 1. The highest BCUT2D eigenvalue weighted by Crippen LogP contribution is 2.30. The van der Waals surface area contributed by atoms with Crippen molar-refractivity contribution in [2.75, 3.05) is 0 Å². The van der Waals surface area contributed by atoms with E-state index in [1.54, 1.807) is 18.3 Å². The molecule has 0 bridgehead atoms. The molecule has 3 nitrogen and oxygen atoms in total. The van der Waals surface area contributed by atoms with Gasteiger partial charge in [-0.2, -0.15) is 0 Å². The maximum atomic E-state index is 13.0. The number of hydrogen-bond donors (Lipinski definition) is 1. The number of hydrogen-bond acceptors (Lipinski definition) is 3. The summed E-state index contributed by atoms with van der Waals surface area (Å²) in [6.07, 6.45) is 1.80. The van der Waals surface area contributed by atoms with Crippen LogP contribution in [0.2, 0.25) is 0 Å². The third-order valence-corrected chi connectivity index (χ3v) is 6.23. The topological polar surface area (TPSA) is 42.0 Å². The van der Waals surface area contributed by atoms with E-state index in [1.807, 2.05) is 34.6 Å². The van der Waals surface area contributed by atoms with Gasteiger partial charge in [0, 0.05) is 17.1 Å². The molecular formula is C18H23FN2OS2. The molecule has 1 heterocycles. The molecule has 2 atom stereocenters. The summed E-state index contributed by atoms with van der Waals surface area (Å²) in [4.78, 5) is 5.46. The van der Waals surface area contributed by atoms with Gasteiger partial charge in [-0.1, -0.05) is 17.8 Å².